The van der Waals surface area contributed by atoms with Gasteiger partial charge in [-0.1, -0.05) is 6.07 Å². The Morgan fingerprint density at radius 1 is 1.13 bits per heavy atom. The molecule has 1 amide bonds. The van der Waals surface area contributed by atoms with E-state index in [1.54, 1.807) is 25.1 Å². The number of ether oxygens (including phenoxy) is 1. The zero-order chi connectivity index (χ0) is 22.6. The third-order valence-corrected chi connectivity index (χ3v) is 6.12. The highest BCUT2D eigenvalue weighted by Gasteiger charge is 2.19. The first kappa shape index (κ1) is 22.1. The van der Waals surface area contributed by atoms with Gasteiger partial charge in [0.2, 0.25) is 10.0 Å². The van der Waals surface area contributed by atoms with E-state index >= 15 is 0 Å². The molecule has 3 aromatic rings. The number of hydrogen-bond acceptors (Lipinski definition) is 8. The lowest BCUT2D eigenvalue weighted by Gasteiger charge is -2.14. The molecule has 0 fully saturated rings. The van der Waals surface area contributed by atoms with E-state index in [9.17, 15) is 18.0 Å². The fourth-order valence-electron chi connectivity index (χ4n) is 2.54. The van der Waals surface area contributed by atoms with E-state index in [0.29, 0.717) is 16.9 Å². The van der Waals surface area contributed by atoms with Crippen molar-refractivity contribution in [1.82, 2.24) is 24.5 Å². The summed E-state index contributed by atoms with van der Waals surface area (Å²) in [6, 6.07) is 10.7. The van der Waals surface area contributed by atoms with E-state index in [1.165, 1.54) is 49.4 Å². The first-order valence-corrected chi connectivity index (χ1v) is 10.5. The highest BCUT2D eigenvalue weighted by atomic mass is 32.2. The van der Waals surface area contributed by atoms with Crippen LogP contribution in [-0.2, 0) is 19.6 Å². The van der Waals surface area contributed by atoms with E-state index in [2.05, 4.69) is 20.8 Å². The van der Waals surface area contributed by atoms with Crippen molar-refractivity contribution in [3.63, 3.8) is 0 Å². The molecule has 11 nitrogen and oxygen atoms in total. The van der Waals surface area contributed by atoms with Gasteiger partial charge >= 0.3 is 5.97 Å². The van der Waals surface area contributed by atoms with E-state index in [1.807, 2.05) is 0 Å². The number of esters is 1. The van der Waals surface area contributed by atoms with Gasteiger partial charge in [-0.25, -0.2) is 22.2 Å². The average molecular weight is 444 g/mol. The first-order valence-electron chi connectivity index (χ1n) is 9.02. The van der Waals surface area contributed by atoms with Crippen LogP contribution in [0.15, 0.2) is 53.7 Å². The Kier molecular flexibility index (Phi) is 6.42. The summed E-state index contributed by atoms with van der Waals surface area (Å²) >= 11 is 0. The molecule has 0 spiro atoms. The Labute approximate surface area is 178 Å². The fourth-order valence-corrected chi connectivity index (χ4v) is 3.47. The minimum absolute atomic E-state index is 0.0399. The lowest BCUT2D eigenvalue weighted by molar-refractivity contribution is -0.119. The Morgan fingerprint density at radius 2 is 1.84 bits per heavy atom. The van der Waals surface area contributed by atoms with Crippen molar-refractivity contribution in [1.29, 1.82) is 0 Å². The van der Waals surface area contributed by atoms with Crippen molar-refractivity contribution in [3.8, 4) is 5.69 Å². The number of aryl methyl sites for hydroxylation is 1. The largest absolute Gasteiger partial charge is 0.452 e. The van der Waals surface area contributed by atoms with Crippen LogP contribution in [-0.4, -0.2) is 65.5 Å². The Hall–Kier alpha value is -3.64. The van der Waals surface area contributed by atoms with Crippen LogP contribution in [0.4, 0.5) is 5.69 Å². The minimum Gasteiger partial charge on any atom is -0.452 e. The molecule has 162 valence electrons. The molecule has 3 rings (SSSR count). The summed E-state index contributed by atoms with van der Waals surface area (Å²) in [5.74, 6) is -1.28. The normalized spacial score (nSPS) is 11.4. The molecule has 0 aliphatic rings. The summed E-state index contributed by atoms with van der Waals surface area (Å²) in [7, 11) is -0.813. The highest BCUT2D eigenvalue weighted by molar-refractivity contribution is 7.89. The van der Waals surface area contributed by atoms with Crippen LogP contribution in [0, 0.1) is 6.92 Å². The third kappa shape index (κ3) is 5.10. The second-order valence-corrected chi connectivity index (χ2v) is 8.84. The van der Waals surface area contributed by atoms with E-state index < -0.39 is 28.5 Å². The molecule has 31 heavy (non-hydrogen) atoms. The molecule has 0 unspecified atom stereocenters. The number of carbonyl (C=O) groups is 2. The fraction of sp³-hybridized carbons (Fsp3) is 0.211. The molecule has 0 aliphatic heterocycles. The zero-order valence-corrected chi connectivity index (χ0v) is 17.8. The first-order chi connectivity index (χ1) is 14.7. The molecule has 0 aliphatic carbocycles. The smallest absolute Gasteiger partial charge is 0.338 e. The maximum absolute atomic E-state index is 12.3. The van der Waals surface area contributed by atoms with Crippen LogP contribution < -0.4 is 5.32 Å². The minimum atomic E-state index is -3.65. The van der Waals surface area contributed by atoms with Gasteiger partial charge in [-0.05, 0) is 59.3 Å². The van der Waals surface area contributed by atoms with Crippen molar-refractivity contribution < 1.29 is 22.7 Å². The molecule has 1 N–H and O–H groups in total. The number of anilines is 1. The van der Waals surface area contributed by atoms with E-state index in [0.717, 1.165) is 4.31 Å². The van der Waals surface area contributed by atoms with Gasteiger partial charge in [-0.2, -0.15) is 0 Å². The van der Waals surface area contributed by atoms with Crippen LogP contribution in [0.1, 0.15) is 15.9 Å². The maximum atomic E-state index is 12.3. The second-order valence-electron chi connectivity index (χ2n) is 6.69. The summed E-state index contributed by atoms with van der Waals surface area (Å²) < 4.78 is 32.1. The predicted octanol–water partition coefficient (Wildman–Crippen LogP) is 1.02. The molecule has 1 aromatic heterocycles. The van der Waals surface area contributed by atoms with Gasteiger partial charge in [0.1, 0.15) is 6.33 Å². The molecular formula is C19H20N6O5S. The number of aromatic nitrogens is 4. The molecule has 0 atom stereocenters. The zero-order valence-electron chi connectivity index (χ0n) is 17.0. The number of tetrazole rings is 1. The van der Waals surface area contributed by atoms with Crippen LogP contribution in [0.3, 0.4) is 0 Å². The molecule has 0 saturated carbocycles. The van der Waals surface area contributed by atoms with Crippen LogP contribution in [0.2, 0.25) is 0 Å². The Morgan fingerprint density at radius 3 is 2.45 bits per heavy atom. The lowest BCUT2D eigenvalue weighted by Crippen LogP contribution is -2.23. The summed E-state index contributed by atoms with van der Waals surface area (Å²) in [6.07, 6.45) is 1.42. The van der Waals surface area contributed by atoms with Gasteiger partial charge in [-0.15, -0.1) is 5.10 Å². The van der Waals surface area contributed by atoms with Crippen molar-refractivity contribution >= 4 is 27.6 Å². The van der Waals surface area contributed by atoms with Gasteiger partial charge in [0.05, 0.1) is 16.1 Å². The number of benzene rings is 2. The maximum Gasteiger partial charge on any atom is 0.338 e. The van der Waals surface area contributed by atoms with Crippen LogP contribution >= 0.6 is 0 Å². The highest BCUT2D eigenvalue weighted by Crippen LogP contribution is 2.22. The van der Waals surface area contributed by atoms with Crippen molar-refractivity contribution in [2.75, 3.05) is 26.0 Å². The molecule has 0 saturated heterocycles. The van der Waals surface area contributed by atoms with E-state index in [4.69, 9.17) is 4.74 Å². The van der Waals surface area contributed by atoms with Crippen LogP contribution in [0.5, 0.6) is 0 Å². The van der Waals surface area contributed by atoms with Crippen LogP contribution in [0.25, 0.3) is 5.69 Å². The standard InChI is InChI=1S/C19H20N6O5S/c1-13-4-9-16(31(28,29)24(2)3)10-17(13)21-18(26)11-30-19(27)14-5-7-15(8-6-14)25-12-20-22-23-25/h4-10,12H,11H2,1-3H3,(H,21,26). The topological polar surface area (TPSA) is 136 Å². The summed E-state index contributed by atoms with van der Waals surface area (Å²) in [5, 5.41) is 13.4. The number of carbonyl (C=O) groups excluding carboxylic acids is 2. The van der Waals surface area contributed by atoms with Gasteiger partial charge < -0.3 is 10.1 Å². The number of hydrogen-bond donors (Lipinski definition) is 1. The molecule has 2 aromatic carbocycles. The molecule has 0 bridgehead atoms. The van der Waals surface area contributed by atoms with Gasteiger partial charge in [-0.3, -0.25) is 4.79 Å². The van der Waals surface area contributed by atoms with Crippen molar-refractivity contribution in [3.05, 3.63) is 59.9 Å². The van der Waals surface area contributed by atoms with Gasteiger partial charge in [0.25, 0.3) is 5.91 Å². The quantitative estimate of drug-likeness (QED) is 0.533. The SMILES string of the molecule is Cc1ccc(S(=O)(=O)N(C)C)cc1NC(=O)COC(=O)c1ccc(-n2cnnn2)cc1. The molecule has 0 radical (unpaired) electrons. The number of sulfonamides is 1. The molecule has 1 heterocycles. The second kappa shape index (κ2) is 9.02. The Balaban J connectivity index is 1.62. The number of amides is 1. The van der Waals surface area contributed by atoms with Crippen molar-refractivity contribution in [2.24, 2.45) is 0 Å². The van der Waals surface area contributed by atoms with E-state index in [-0.39, 0.29) is 10.5 Å². The summed E-state index contributed by atoms with van der Waals surface area (Å²) in [6.45, 7) is 1.19. The summed E-state index contributed by atoms with van der Waals surface area (Å²) in [5.41, 5.74) is 1.88. The lowest BCUT2D eigenvalue weighted by atomic mass is 10.2. The number of nitrogens with one attached hydrogen (secondary N) is 1. The number of nitrogens with zero attached hydrogens (tertiary/aromatic N) is 5. The average Bonchev–Trinajstić information content (AvgIpc) is 3.28. The van der Waals surface area contributed by atoms with Gasteiger partial charge in [0, 0.05) is 19.8 Å². The Bertz CT molecular complexity index is 1190. The number of rotatable bonds is 7. The third-order valence-electron chi connectivity index (χ3n) is 4.31. The summed E-state index contributed by atoms with van der Waals surface area (Å²) in [4.78, 5) is 24.5. The predicted molar refractivity (Wildman–Crippen MR) is 110 cm³/mol. The molecular weight excluding hydrogens is 424 g/mol. The monoisotopic (exact) mass is 444 g/mol. The van der Waals surface area contributed by atoms with Crippen molar-refractivity contribution in [2.45, 2.75) is 11.8 Å². The van der Waals surface area contributed by atoms with Gasteiger partial charge in [0.15, 0.2) is 6.61 Å². The molecule has 12 heteroatoms.